The standard InChI is InChI=1S/C14H17NO5/c16-10-6-11(14(17)18)15(8-10)7-9-1-2-12-13(5-9)20-4-3-19-12/h1-2,5,10-11,16H,3-4,6-8H2,(H,17,18)/t10-,11+/m1/s1. The summed E-state index contributed by atoms with van der Waals surface area (Å²) in [5.74, 6) is 0.524. The average Bonchev–Trinajstić information content (AvgIpc) is 2.80. The Balaban J connectivity index is 1.75. The number of benzene rings is 1. The maximum absolute atomic E-state index is 11.2. The fraction of sp³-hybridized carbons (Fsp3) is 0.500. The Morgan fingerprint density at radius 3 is 2.80 bits per heavy atom. The lowest BCUT2D eigenvalue weighted by molar-refractivity contribution is -0.142. The fourth-order valence-corrected chi connectivity index (χ4v) is 2.73. The number of nitrogens with zero attached hydrogens (tertiary/aromatic N) is 1. The number of ether oxygens (including phenoxy) is 2. The van der Waals surface area contributed by atoms with E-state index in [1.807, 2.05) is 18.2 Å². The summed E-state index contributed by atoms with van der Waals surface area (Å²) in [5.41, 5.74) is 0.953. The molecule has 0 aromatic heterocycles. The summed E-state index contributed by atoms with van der Waals surface area (Å²) < 4.78 is 11.0. The van der Waals surface area contributed by atoms with Crippen LogP contribution in [0.4, 0.5) is 0 Å². The summed E-state index contributed by atoms with van der Waals surface area (Å²) in [7, 11) is 0. The van der Waals surface area contributed by atoms with Gasteiger partial charge in [-0.05, 0) is 17.7 Å². The molecule has 0 radical (unpaired) electrons. The topological polar surface area (TPSA) is 79.2 Å². The number of aliphatic carboxylic acids is 1. The first kappa shape index (κ1) is 13.2. The van der Waals surface area contributed by atoms with Crippen molar-refractivity contribution in [3.63, 3.8) is 0 Å². The summed E-state index contributed by atoms with van der Waals surface area (Å²) in [6, 6.07) is 4.99. The lowest BCUT2D eigenvalue weighted by Gasteiger charge is -2.23. The molecule has 2 heterocycles. The number of carboxylic acids is 1. The average molecular weight is 279 g/mol. The Labute approximate surface area is 116 Å². The highest BCUT2D eigenvalue weighted by Gasteiger charge is 2.35. The number of hydrogen-bond acceptors (Lipinski definition) is 5. The van der Waals surface area contributed by atoms with Crippen molar-refractivity contribution in [2.75, 3.05) is 19.8 Å². The molecule has 1 aromatic rings. The normalized spacial score (nSPS) is 25.6. The van der Waals surface area contributed by atoms with Gasteiger partial charge in [0.2, 0.25) is 0 Å². The lowest BCUT2D eigenvalue weighted by Crippen LogP contribution is -2.35. The summed E-state index contributed by atoms with van der Waals surface area (Å²) in [6.45, 7) is 1.93. The van der Waals surface area contributed by atoms with Crippen LogP contribution in [0.2, 0.25) is 0 Å². The summed E-state index contributed by atoms with van der Waals surface area (Å²) in [4.78, 5) is 13.0. The van der Waals surface area contributed by atoms with E-state index in [1.54, 1.807) is 4.90 Å². The molecular formula is C14H17NO5. The second-order valence-electron chi connectivity index (χ2n) is 5.15. The van der Waals surface area contributed by atoms with Crippen LogP contribution in [0, 0.1) is 0 Å². The number of hydrogen-bond donors (Lipinski definition) is 2. The minimum absolute atomic E-state index is 0.278. The molecule has 3 rings (SSSR count). The number of rotatable bonds is 3. The highest BCUT2D eigenvalue weighted by Crippen LogP contribution is 2.32. The molecule has 20 heavy (non-hydrogen) atoms. The number of likely N-dealkylation sites (tertiary alicyclic amines) is 1. The van der Waals surface area contributed by atoms with Crippen LogP contribution in [0.1, 0.15) is 12.0 Å². The lowest BCUT2D eigenvalue weighted by atomic mass is 10.1. The van der Waals surface area contributed by atoms with Gasteiger partial charge in [-0.1, -0.05) is 6.07 Å². The van der Waals surface area contributed by atoms with Gasteiger partial charge in [0.15, 0.2) is 11.5 Å². The van der Waals surface area contributed by atoms with Crippen LogP contribution in [0.25, 0.3) is 0 Å². The molecule has 1 saturated heterocycles. The van der Waals surface area contributed by atoms with Crippen molar-refractivity contribution in [2.24, 2.45) is 0 Å². The molecule has 108 valence electrons. The molecule has 0 amide bonds. The minimum atomic E-state index is -0.890. The molecule has 0 aliphatic carbocycles. The third-order valence-corrected chi connectivity index (χ3v) is 3.66. The third-order valence-electron chi connectivity index (χ3n) is 3.66. The first-order valence-corrected chi connectivity index (χ1v) is 6.67. The number of aliphatic hydroxyl groups is 1. The van der Waals surface area contributed by atoms with Gasteiger partial charge in [-0.25, -0.2) is 0 Å². The van der Waals surface area contributed by atoms with Crippen molar-refractivity contribution in [1.82, 2.24) is 4.90 Å². The van der Waals surface area contributed by atoms with E-state index in [2.05, 4.69) is 0 Å². The van der Waals surface area contributed by atoms with Gasteiger partial charge in [-0.2, -0.15) is 0 Å². The van der Waals surface area contributed by atoms with Crippen LogP contribution in [0.15, 0.2) is 18.2 Å². The molecule has 0 spiro atoms. The Morgan fingerprint density at radius 1 is 1.30 bits per heavy atom. The molecule has 0 bridgehead atoms. The molecule has 2 aliphatic heterocycles. The van der Waals surface area contributed by atoms with Crippen LogP contribution in [-0.2, 0) is 11.3 Å². The van der Waals surface area contributed by atoms with E-state index in [9.17, 15) is 15.0 Å². The van der Waals surface area contributed by atoms with Gasteiger partial charge < -0.3 is 19.7 Å². The van der Waals surface area contributed by atoms with E-state index in [-0.39, 0.29) is 6.42 Å². The van der Waals surface area contributed by atoms with Gasteiger partial charge in [0, 0.05) is 19.5 Å². The quantitative estimate of drug-likeness (QED) is 0.837. The van der Waals surface area contributed by atoms with Crippen LogP contribution < -0.4 is 9.47 Å². The SMILES string of the molecule is O=C(O)[C@@H]1C[C@@H](O)CN1Cc1ccc2c(c1)OCCO2. The van der Waals surface area contributed by atoms with Gasteiger partial charge in [-0.15, -0.1) is 0 Å². The predicted octanol–water partition coefficient (Wildman–Crippen LogP) is 0.478. The Kier molecular flexibility index (Phi) is 3.50. The van der Waals surface area contributed by atoms with Gasteiger partial charge in [-0.3, -0.25) is 9.69 Å². The summed E-state index contributed by atoms with van der Waals surface area (Å²) in [6.07, 6.45) is -0.298. The van der Waals surface area contributed by atoms with Crippen molar-refractivity contribution in [2.45, 2.75) is 25.1 Å². The second kappa shape index (κ2) is 5.30. The fourth-order valence-electron chi connectivity index (χ4n) is 2.73. The van der Waals surface area contributed by atoms with Crippen molar-refractivity contribution >= 4 is 5.97 Å². The third kappa shape index (κ3) is 2.57. The van der Waals surface area contributed by atoms with Crippen LogP contribution in [0.3, 0.4) is 0 Å². The van der Waals surface area contributed by atoms with Crippen LogP contribution in [-0.4, -0.2) is 53.0 Å². The van der Waals surface area contributed by atoms with E-state index >= 15 is 0 Å². The van der Waals surface area contributed by atoms with E-state index in [0.29, 0.717) is 32.1 Å². The molecular weight excluding hydrogens is 262 g/mol. The van der Waals surface area contributed by atoms with Crippen molar-refractivity contribution < 1.29 is 24.5 Å². The van der Waals surface area contributed by atoms with Gasteiger partial charge in [0.05, 0.1) is 6.10 Å². The van der Waals surface area contributed by atoms with Crippen LogP contribution in [0.5, 0.6) is 11.5 Å². The number of carboxylic acid groups (broad SMARTS) is 1. The maximum Gasteiger partial charge on any atom is 0.321 e. The van der Waals surface area contributed by atoms with Crippen molar-refractivity contribution in [3.8, 4) is 11.5 Å². The Bertz CT molecular complexity index is 518. The summed E-state index contributed by atoms with van der Waals surface area (Å²) >= 11 is 0. The van der Waals surface area contributed by atoms with E-state index < -0.39 is 18.1 Å². The van der Waals surface area contributed by atoms with Crippen molar-refractivity contribution in [1.29, 1.82) is 0 Å². The molecule has 2 aliphatic rings. The predicted molar refractivity (Wildman–Crippen MR) is 69.9 cm³/mol. The monoisotopic (exact) mass is 279 g/mol. The molecule has 1 fully saturated rings. The summed E-state index contributed by atoms with van der Waals surface area (Å²) in [5, 5.41) is 18.8. The molecule has 0 unspecified atom stereocenters. The molecule has 1 aromatic carbocycles. The van der Waals surface area contributed by atoms with E-state index in [1.165, 1.54) is 0 Å². The zero-order chi connectivity index (χ0) is 14.1. The smallest absolute Gasteiger partial charge is 0.321 e. The Morgan fingerprint density at radius 2 is 2.05 bits per heavy atom. The van der Waals surface area contributed by atoms with E-state index in [4.69, 9.17) is 9.47 Å². The number of aliphatic hydroxyl groups excluding tert-OH is 1. The van der Waals surface area contributed by atoms with E-state index in [0.717, 1.165) is 11.3 Å². The molecule has 0 saturated carbocycles. The first-order chi connectivity index (χ1) is 9.63. The number of fused-ring (bicyclic) bond motifs is 1. The van der Waals surface area contributed by atoms with Gasteiger partial charge in [0.25, 0.3) is 0 Å². The minimum Gasteiger partial charge on any atom is -0.486 e. The zero-order valence-corrected chi connectivity index (χ0v) is 11.0. The van der Waals surface area contributed by atoms with Gasteiger partial charge >= 0.3 is 5.97 Å². The first-order valence-electron chi connectivity index (χ1n) is 6.67. The van der Waals surface area contributed by atoms with Gasteiger partial charge in [0.1, 0.15) is 19.3 Å². The number of carbonyl (C=O) groups is 1. The largest absolute Gasteiger partial charge is 0.486 e. The van der Waals surface area contributed by atoms with Crippen molar-refractivity contribution in [3.05, 3.63) is 23.8 Å². The molecule has 2 N–H and O–H groups in total. The highest BCUT2D eigenvalue weighted by atomic mass is 16.6. The number of β-amino-alcohol motifs (C(OH)–C–C–N with tert-alkyl or cyclic N) is 1. The second-order valence-corrected chi connectivity index (χ2v) is 5.15. The molecule has 6 nitrogen and oxygen atoms in total. The molecule has 6 heteroatoms. The molecule has 2 atom stereocenters. The van der Waals surface area contributed by atoms with Crippen LogP contribution >= 0.6 is 0 Å². The highest BCUT2D eigenvalue weighted by molar-refractivity contribution is 5.74. The maximum atomic E-state index is 11.2. The zero-order valence-electron chi connectivity index (χ0n) is 11.0. The Hall–Kier alpha value is -1.79.